The maximum Gasteiger partial charge on any atom is 0.270 e. The van der Waals surface area contributed by atoms with Gasteiger partial charge >= 0.3 is 0 Å². The van der Waals surface area contributed by atoms with E-state index < -0.39 is 0 Å². The van der Waals surface area contributed by atoms with Crippen molar-refractivity contribution >= 4 is 46.0 Å². The number of thioether (sulfide) groups is 1. The van der Waals surface area contributed by atoms with Crippen molar-refractivity contribution in [3.05, 3.63) is 77.2 Å². The first-order valence-electron chi connectivity index (χ1n) is 6.94. The summed E-state index contributed by atoms with van der Waals surface area (Å²) in [5, 5.41) is 9.57. The Labute approximate surface area is 143 Å². The number of phenolic OH excluding ortho intramolecular Hbond substituents is 1. The standard InChI is InChI=1S/C18H13NO2S2/c20-15-10-5-9-14(12-15)19-17(21)16(23-18(19)22)11-4-8-13-6-2-1-3-7-13/h1-12,20H/b8-4+,16-11+. The molecule has 114 valence electrons. The zero-order chi connectivity index (χ0) is 16.2. The molecule has 0 spiro atoms. The lowest BCUT2D eigenvalue weighted by atomic mass is 10.2. The van der Waals surface area contributed by atoms with E-state index in [0.29, 0.717) is 14.9 Å². The number of nitrogens with zero attached hydrogens (tertiary/aromatic N) is 1. The number of amides is 1. The van der Waals surface area contributed by atoms with Crippen molar-refractivity contribution in [1.29, 1.82) is 0 Å². The minimum Gasteiger partial charge on any atom is -0.508 e. The number of allylic oxidation sites excluding steroid dienone is 2. The molecule has 0 radical (unpaired) electrons. The second kappa shape index (κ2) is 6.81. The monoisotopic (exact) mass is 339 g/mol. The van der Waals surface area contributed by atoms with Gasteiger partial charge in [-0.05, 0) is 23.8 Å². The minimum absolute atomic E-state index is 0.101. The average Bonchev–Trinajstić information content (AvgIpc) is 2.82. The van der Waals surface area contributed by atoms with Gasteiger partial charge in [0.2, 0.25) is 0 Å². The van der Waals surface area contributed by atoms with Crippen LogP contribution in [0.15, 0.2) is 71.7 Å². The van der Waals surface area contributed by atoms with E-state index in [1.165, 1.54) is 22.7 Å². The van der Waals surface area contributed by atoms with E-state index in [-0.39, 0.29) is 11.7 Å². The van der Waals surface area contributed by atoms with Gasteiger partial charge in [-0.25, -0.2) is 0 Å². The fourth-order valence-corrected chi connectivity index (χ4v) is 3.40. The maximum atomic E-state index is 12.5. The highest BCUT2D eigenvalue weighted by molar-refractivity contribution is 8.27. The molecule has 3 rings (SSSR count). The molecule has 1 aliphatic heterocycles. The molecule has 3 nitrogen and oxygen atoms in total. The van der Waals surface area contributed by atoms with Gasteiger partial charge in [0.1, 0.15) is 5.75 Å². The van der Waals surface area contributed by atoms with Gasteiger partial charge in [0.15, 0.2) is 4.32 Å². The van der Waals surface area contributed by atoms with Crippen molar-refractivity contribution in [2.75, 3.05) is 4.90 Å². The van der Waals surface area contributed by atoms with E-state index in [0.717, 1.165) is 5.56 Å². The second-order valence-electron chi connectivity index (χ2n) is 4.83. The first-order chi connectivity index (χ1) is 11.1. The molecule has 0 aliphatic carbocycles. The first kappa shape index (κ1) is 15.5. The van der Waals surface area contributed by atoms with Crippen molar-refractivity contribution in [2.24, 2.45) is 0 Å². The number of benzene rings is 2. The highest BCUT2D eigenvalue weighted by atomic mass is 32.2. The molecule has 1 aliphatic rings. The highest BCUT2D eigenvalue weighted by Crippen LogP contribution is 2.35. The molecule has 1 fully saturated rings. The molecule has 0 unspecified atom stereocenters. The van der Waals surface area contributed by atoms with E-state index in [9.17, 15) is 9.90 Å². The van der Waals surface area contributed by atoms with E-state index in [4.69, 9.17) is 12.2 Å². The van der Waals surface area contributed by atoms with Crippen LogP contribution in [-0.4, -0.2) is 15.3 Å². The molecule has 1 heterocycles. The topological polar surface area (TPSA) is 40.5 Å². The first-order valence-corrected chi connectivity index (χ1v) is 8.16. The molecule has 1 amide bonds. The van der Waals surface area contributed by atoms with Crippen LogP contribution >= 0.6 is 24.0 Å². The van der Waals surface area contributed by atoms with Gasteiger partial charge in [-0.1, -0.05) is 72.5 Å². The van der Waals surface area contributed by atoms with Crippen LogP contribution < -0.4 is 4.90 Å². The number of carbonyl (C=O) groups is 1. The smallest absolute Gasteiger partial charge is 0.270 e. The van der Waals surface area contributed by atoms with Crippen molar-refractivity contribution in [2.45, 2.75) is 0 Å². The summed E-state index contributed by atoms with van der Waals surface area (Å²) < 4.78 is 0.458. The van der Waals surface area contributed by atoms with Crippen LogP contribution in [0.1, 0.15) is 5.56 Å². The van der Waals surface area contributed by atoms with E-state index in [1.54, 1.807) is 24.3 Å². The van der Waals surface area contributed by atoms with Crippen molar-refractivity contribution < 1.29 is 9.90 Å². The van der Waals surface area contributed by atoms with Crippen molar-refractivity contribution in [1.82, 2.24) is 0 Å². The molecule has 23 heavy (non-hydrogen) atoms. The number of carbonyl (C=O) groups excluding carboxylic acids is 1. The third-order valence-corrected chi connectivity index (χ3v) is 4.54. The van der Waals surface area contributed by atoms with Crippen LogP contribution in [-0.2, 0) is 4.79 Å². The van der Waals surface area contributed by atoms with E-state index >= 15 is 0 Å². The molecule has 1 saturated heterocycles. The Hall–Kier alpha value is -2.37. The van der Waals surface area contributed by atoms with Gasteiger partial charge < -0.3 is 5.11 Å². The lowest BCUT2D eigenvalue weighted by molar-refractivity contribution is -0.113. The van der Waals surface area contributed by atoms with Gasteiger partial charge in [0.05, 0.1) is 10.6 Å². The molecule has 0 saturated carbocycles. The predicted octanol–water partition coefficient (Wildman–Crippen LogP) is 4.35. The highest BCUT2D eigenvalue weighted by Gasteiger charge is 2.32. The lowest BCUT2D eigenvalue weighted by Crippen LogP contribution is -2.27. The van der Waals surface area contributed by atoms with E-state index in [1.807, 2.05) is 42.5 Å². The van der Waals surface area contributed by atoms with Gasteiger partial charge in [-0.2, -0.15) is 0 Å². The third-order valence-electron chi connectivity index (χ3n) is 3.22. The van der Waals surface area contributed by atoms with Crippen LogP contribution in [0.5, 0.6) is 5.75 Å². The maximum absolute atomic E-state index is 12.5. The average molecular weight is 339 g/mol. The summed E-state index contributed by atoms with van der Waals surface area (Å²) in [6.07, 6.45) is 5.53. The number of thiocarbonyl (C=S) groups is 1. The molecular formula is C18H13NO2S2. The van der Waals surface area contributed by atoms with Gasteiger partial charge in [0, 0.05) is 6.07 Å². The van der Waals surface area contributed by atoms with Gasteiger partial charge in [0.25, 0.3) is 5.91 Å². The van der Waals surface area contributed by atoms with Crippen LogP contribution in [0.25, 0.3) is 6.08 Å². The fraction of sp³-hybridized carbons (Fsp3) is 0. The van der Waals surface area contributed by atoms with E-state index in [2.05, 4.69) is 0 Å². The number of hydrogen-bond donors (Lipinski definition) is 1. The zero-order valence-corrected chi connectivity index (χ0v) is 13.7. The Bertz CT molecular complexity index is 813. The SMILES string of the molecule is O=C1/C(=C\C=C\c2ccccc2)SC(=S)N1c1cccc(O)c1. The Kier molecular flexibility index (Phi) is 4.60. The summed E-state index contributed by atoms with van der Waals surface area (Å²) >= 11 is 6.54. The largest absolute Gasteiger partial charge is 0.508 e. The minimum atomic E-state index is -0.177. The summed E-state index contributed by atoms with van der Waals surface area (Å²) in [5.41, 5.74) is 1.63. The number of anilines is 1. The summed E-state index contributed by atoms with van der Waals surface area (Å²) in [5.74, 6) is -0.0761. The predicted molar refractivity (Wildman–Crippen MR) is 99.3 cm³/mol. The van der Waals surface area contributed by atoms with Gasteiger partial charge in [-0.15, -0.1) is 0 Å². The number of phenols is 1. The molecule has 0 bridgehead atoms. The van der Waals surface area contributed by atoms with Crippen LogP contribution in [0.4, 0.5) is 5.69 Å². The zero-order valence-electron chi connectivity index (χ0n) is 12.0. The van der Waals surface area contributed by atoms with Crippen molar-refractivity contribution in [3.63, 3.8) is 0 Å². The fourth-order valence-electron chi connectivity index (χ4n) is 2.15. The molecular weight excluding hydrogens is 326 g/mol. The second-order valence-corrected chi connectivity index (χ2v) is 6.50. The molecule has 2 aromatic carbocycles. The summed E-state index contributed by atoms with van der Waals surface area (Å²) in [6, 6.07) is 16.4. The molecule has 5 heteroatoms. The Morgan fingerprint density at radius 3 is 2.61 bits per heavy atom. The summed E-state index contributed by atoms with van der Waals surface area (Å²) in [4.78, 5) is 14.5. The Morgan fingerprint density at radius 1 is 1.09 bits per heavy atom. The van der Waals surface area contributed by atoms with Crippen LogP contribution in [0.3, 0.4) is 0 Å². The van der Waals surface area contributed by atoms with Crippen molar-refractivity contribution in [3.8, 4) is 5.75 Å². The summed E-state index contributed by atoms with van der Waals surface area (Å²) in [6.45, 7) is 0. The number of aromatic hydroxyl groups is 1. The number of hydrogen-bond acceptors (Lipinski definition) is 4. The Morgan fingerprint density at radius 2 is 1.87 bits per heavy atom. The summed E-state index contributed by atoms with van der Waals surface area (Å²) in [7, 11) is 0. The van der Waals surface area contributed by atoms with Crippen LogP contribution in [0, 0.1) is 0 Å². The molecule has 2 aromatic rings. The van der Waals surface area contributed by atoms with Gasteiger partial charge in [-0.3, -0.25) is 9.69 Å². The Balaban J connectivity index is 1.81. The lowest BCUT2D eigenvalue weighted by Gasteiger charge is -2.14. The van der Waals surface area contributed by atoms with Crippen LogP contribution in [0.2, 0.25) is 0 Å². The number of rotatable bonds is 3. The molecule has 0 aromatic heterocycles. The third kappa shape index (κ3) is 3.52. The quantitative estimate of drug-likeness (QED) is 0.666. The molecule has 1 N–H and O–H groups in total. The normalized spacial score (nSPS) is 16.7. The molecule has 0 atom stereocenters.